The van der Waals surface area contributed by atoms with Gasteiger partial charge in [-0.3, -0.25) is 0 Å². The largest absolute Gasteiger partial charge is 0.494 e. The van der Waals surface area contributed by atoms with E-state index in [0.29, 0.717) is 18.4 Å². The van der Waals surface area contributed by atoms with Crippen LogP contribution in [0.2, 0.25) is 0 Å². The standard InChI is InChI=1S/C22H19F3O2/c1-27-20-11-10-18(21(24)22(20)25)16-7-4-14(5-8-16)2-3-15-6-9-17(13-26)19(23)12-15/h4-12,26H,2-3,13H2,1H3. The number of aliphatic hydroxyl groups excluding tert-OH is 1. The van der Waals surface area contributed by atoms with E-state index in [1.54, 1.807) is 24.3 Å². The van der Waals surface area contributed by atoms with Crippen molar-refractivity contribution in [1.82, 2.24) is 0 Å². The third-order valence-corrected chi connectivity index (χ3v) is 4.52. The van der Waals surface area contributed by atoms with Gasteiger partial charge in [0, 0.05) is 11.1 Å². The van der Waals surface area contributed by atoms with Crippen molar-refractivity contribution in [3.63, 3.8) is 0 Å². The predicted molar refractivity (Wildman–Crippen MR) is 98.1 cm³/mol. The monoisotopic (exact) mass is 372 g/mol. The first kappa shape index (κ1) is 19.0. The summed E-state index contributed by atoms with van der Waals surface area (Å²) in [6, 6.07) is 14.8. The third-order valence-electron chi connectivity index (χ3n) is 4.52. The Morgan fingerprint density at radius 1 is 0.815 bits per heavy atom. The van der Waals surface area contributed by atoms with Crippen LogP contribution < -0.4 is 4.74 Å². The summed E-state index contributed by atoms with van der Waals surface area (Å²) in [5.74, 6) is -2.50. The van der Waals surface area contributed by atoms with Gasteiger partial charge >= 0.3 is 0 Å². The molecule has 0 heterocycles. The van der Waals surface area contributed by atoms with Gasteiger partial charge in [0.1, 0.15) is 5.82 Å². The molecule has 27 heavy (non-hydrogen) atoms. The van der Waals surface area contributed by atoms with Crippen molar-refractivity contribution < 1.29 is 23.0 Å². The maximum absolute atomic E-state index is 14.2. The maximum atomic E-state index is 14.2. The van der Waals surface area contributed by atoms with Crippen molar-refractivity contribution in [1.29, 1.82) is 0 Å². The van der Waals surface area contributed by atoms with Crippen molar-refractivity contribution in [2.75, 3.05) is 7.11 Å². The molecule has 2 nitrogen and oxygen atoms in total. The Labute approximate surface area is 155 Å². The second kappa shape index (κ2) is 8.27. The maximum Gasteiger partial charge on any atom is 0.201 e. The number of rotatable bonds is 6. The van der Waals surface area contributed by atoms with Crippen LogP contribution in [0, 0.1) is 17.5 Å². The van der Waals surface area contributed by atoms with Gasteiger partial charge in [0.25, 0.3) is 0 Å². The number of aliphatic hydroxyl groups is 1. The van der Waals surface area contributed by atoms with Gasteiger partial charge in [0.15, 0.2) is 11.6 Å². The molecule has 3 aromatic rings. The van der Waals surface area contributed by atoms with Crippen molar-refractivity contribution in [2.45, 2.75) is 19.4 Å². The minimum atomic E-state index is -1.01. The number of benzene rings is 3. The third kappa shape index (κ3) is 4.14. The van der Waals surface area contributed by atoms with E-state index >= 15 is 0 Å². The Morgan fingerprint density at radius 3 is 2.11 bits per heavy atom. The first-order valence-electron chi connectivity index (χ1n) is 8.53. The van der Waals surface area contributed by atoms with Crippen LogP contribution in [0.4, 0.5) is 13.2 Å². The zero-order valence-electron chi connectivity index (χ0n) is 14.8. The van der Waals surface area contributed by atoms with E-state index in [-0.39, 0.29) is 23.5 Å². The average Bonchev–Trinajstić information content (AvgIpc) is 2.69. The molecule has 0 radical (unpaired) electrons. The Kier molecular flexibility index (Phi) is 5.81. The highest BCUT2D eigenvalue weighted by Crippen LogP contribution is 2.30. The summed E-state index contributed by atoms with van der Waals surface area (Å²) in [6.07, 6.45) is 1.31. The zero-order valence-corrected chi connectivity index (χ0v) is 14.8. The van der Waals surface area contributed by atoms with Crippen LogP contribution in [0.3, 0.4) is 0 Å². The molecule has 0 saturated heterocycles. The number of hydrogen-bond acceptors (Lipinski definition) is 2. The normalized spacial score (nSPS) is 10.9. The molecule has 3 aromatic carbocycles. The van der Waals surface area contributed by atoms with Crippen LogP contribution in [-0.4, -0.2) is 12.2 Å². The van der Waals surface area contributed by atoms with Gasteiger partial charge in [-0.15, -0.1) is 0 Å². The van der Waals surface area contributed by atoms with E-state index in [9.17, 15) is 13.2 Å². The fraction of sp³-hybridized carbons (Fsp3) is 0.182. The SMILES string of the molecule is COc1ccc(-c2ccc(CCc3ccc(CO)c(F)c3)cc2)c(F)c1F. The Bertz CT molecular complexity index is 937. The highest BCUT2D eigenvalue weighted by atomic mass is 19.2. The smallest absolute Gasteiger partial charge is 0.201 e. The average molecular weight is 372 g/mol. The Morgan fingerprint density at radius 2 is 1.48 bits per heavy atom. The Balaban J connectivity index is 1.72. The molecule has 0 unspecified atom stereocenters. The van der Waals surface area contributed by atoms with Gasteiger partial charge in [-0.2, -0.15) is 4.39 Å². The first-order valence-corrected chi connectivity index (χ1v) is 8.53. The lowest BCUT2D eigenvalue weighted by atomic mass is 9.99. The molecular formula is C22H19F3O2. The lowest BCUT2D eigenvalue weighted by Gasteiger charge is -2.09. The number of aryl methyl sites for hydroxylation is 2. The fourth-order valence-electron chi connectivity index (χ4n) is 2.93. The van der Waals surface area contributed by atoms with E-state index in [2.05, 4.69) is 0 Å². The molecule has 1 N–H and O–H groups in total. The number of methoxy groups -OCH3 is 1. The molecule has 0 atom stereocenters. The summed E-state index contributed by atoms with van der Waals surface area (Å²) in [6.45, 7) is -0.323. The molecule has 140 valence electrons. The molecule has 5 heteroatoms. The first-order chi connectivity index (χ1) is 13.0. The second-order valence-electron chi connectivity index (χ2n) is 6.22. The molecule has 0 amide bonds. The van der Waals surface area contributed by atoms with E-state index in [1.165, 1.54) is 25.3 Å². The van der Waals surface area contributed by atoms with Crippen molar-refractivity contribution in [3.8, 4) is 16.9 Å². The lowest BCUT2D eigenvalue weighted by molar-refractivity contribution is 0.275. The van der Waals surface area contributed by atoms with E-state index in [4.69, 9.17) is 9.84 Å². The van der Waals surface area contributed by atoms with Crippen LogP contribution in [0.15, 0.2) is 54.6 Å². The fourth-order valence-corrected chi connectivity index (χ4v) is 2.93. The van der Waals surface area contributed by atoms with Gasteiger partial charge in [0.2, 0.25) is 5.82 Å². The Hall–Kier alpha value is -2.79. The molecule has 0 spiro atoms. The number of hydrogen-bond donors (Lipinski definition) is 1. The quantitative estimate of drug-likeness (QED) is 0.656. The zero-order chi connectivity index (χ0) is 19.4. The van der Waals surface area contributed by atoms with Gasteiger partial charge in [-0.25, -0.2) is 8.78 Å². The summed E-state index contributed by atoms with van der Waals surface area (Å²) in [7, 11) is 1.29. The predicted octanol–water partition coefficient (Wildman–Crippen LogP) is 5.06. The molecular weight excluding hydrogens is 353 g/mol. The summed E-state index contributed by atoms with van der Waals surface area (Å²) < 4.78 is 46.6. The van der Waals surface area contributed by atoms with E-state index in [1.807, 2.05) is 12.1 Å². The molecule has 0 bridgehead atoms. The van der Waals surface area contributed by atoms with E-state index < -0.39 is 17.5 Å². The molecule has 3 rings (SSSR count). The number of halogens is 3. The molecule has 0 fully saturated rings. The van der Waals surface area contributed by atoms with Crippen molar-refractivity contribution in [2.24, 2.45) is 0 Å². The van der Waals surface area contributed by atoms with Gasteiger partial charge in [0.05, 0.1) is 13.7 Å². The van der Waals surface area contributed by atoms with Crippen LogP contribution in [0.5, 0.6) is 5.75 Å². The summed E-state index contributed by atoms with van der Waals surface area (Å²) in [5, 5.41) is 9.01. The topological polar surface area (TPSA) is 29.5 Å². The molecule has 0 aliphatic heterocycles. The summed E-state index contributed by atoms with van der Waals surface area (Å²) >= 11 is 0. The van der Waals surface area contributed by atoms with Crippen molar-refractivity contribution >= 4 is 0 Å². The highest BCUT2D eigenvalue weighted by Gasteiger charge is 2.15. The van der Waals surface area contributed by atoms with Crippen LogP contribution in [0.1, 0.15) is 16.7 Å². The number of ether oxygens (including phenoxy) is 1. The van der Waals surface area contributed by atoms with Gasteiger partial charge in [-0.1, -0.05) is 36.4 Å². The van der Waals surface area contributed by atoms with Crippen LogP contribution >= 0.6 is 0 Å². The van der Waals surface area contributed by atoms with E-state index in [0.717, 1.165) is 11.1 Å². The molecule has 0 aliphatic rings. The molecule has 0 saturated carbocycles. The minimum Gasteiger partial charge on any atom is -0.494 e. The van der Waals surface area contributed by atoms with Crippen LogP contribution in [-0.2, 0) is 19.4 Å². The van der Waals surface area contributed by atoms with Gasteiger partial charge in [-0.05, 0) is 47.7 Å². The summed E-state index contributed by atoms with van der Waals surface area (Å²) in [5.41, 5.74) is 2.84. The van der Waals surface area contributed by atoms with Crippen LogP contribution in [0.25, 0.3) is 11.1 Å². The van der Waals surface area contributed by atoms with Crippen molar-refractivity contribution in [3.05, 3.63) is 88.7 Å². The molecule has 0 aromatic heterocycles. The molecule has 0 aliphatic carbocycles. The summed E-state index contributed by atoms with van der Waals surface area (Å²) in [4.78, 5) is 0. The van der Waals surface area contributed by atoms with Gasteiger partial charge < -0.3 is 9.84 Å². The highest BCUT2D eigenvalue weighted by molar-refractivity contribution is 5.65. The minimum absolute atomic E-state index is 0.132. The second-order valence-corrected chi connectivity index (χ2v) is 6.22. The lowest BCUT2D eigenvalue weighted by Crippen LogP contribution is -1.96.